The summed E-state index contributed by atoms with van der Waals surface area (Å²) in [7, 11) is 0. The number of pyridine rings is 1. The summed E-state index contributed by atoms with van der Waals surface area (Å²) in [6.07, 6.45) is 1.53. The maximum Gasteiger partial charge on any atom is 0.248 e. The number of aromatic nitrogens is 1. The number of carbonyl (C=O) groups is 1. The van der Waals surface area contributed by atoms with Crippen LogP contribution in [0.2, 0.25) is 0 Å². The van der Waals surface area contributed by atoms with Gasteiger partial charge in [-0.05, 0) is 24.8 Å². The number of amides is 1. The average molecular weight is 251 g/mol. The number of aromatic amines is 1. The van der Waals surface area contributed by atoms with Crippen molar-refractivity contribution >= 4 is 5.91 Å². The summed E-state index contributed by atoms with van der Waals surface area (Å²) in [5.41, 5.74) is 6.84. The summed E-state index contributed by atoms with van der Waals surface area (Å²) in [6.45, 7) is 0.124. The quantitative estimate of drug-likeness (QED) is 0.561. The third kappa shape index (κ3) is 2.77. The molecule has 0 fully saturated rings. The van der Waals surface area contributed by atoms with Crippen LogP contribution in [-0.2, 0) is 11.2 Å². The van der Waals surface area contributed by atoms with Crippen molar-refractivity contribution in [2.45, 2.75) is 31.4 Å². The fourth-order valence-electron chi connectivity index (χ4n) is 2.27. The molecule has 1 aromatic heterocycles. The van der Waals surface area contributed by atoms with Gasteiger partial charge in [0.2, 0.25) is 11.5 Å². The topological polar surface area (TPSA) is 108 Å². The molecule has 0 saturated carbocycles. The molecule has 2 unspecified atom stereocenters. The van der Waals surface area contributed by atoms with Crippen LogP contribution >= 0.6 is 0 Å². The normalized spacial score (nSPS) is 20.2. The van der Waals surface area contributed by atoms with E-state index in [0.29, 0.717) is 0 Å². The van der Waals surface area contributed by atoms with Crippen LogP contribution in [-0.4, -0.2) is 28.6 Å². The van der Waals surface area contributed by atoms with E-state index in [9.17, 15) is 14.7 Å². The molecule has 18 heavy (non-hydrogen) atoms. The summed E-state index contributed by atoms with van der Waals surface area (Å²) in [6, 6.07) is 3.32. The van der Waals surface area contributed by atoms with Gasteiger partial charge in [-0.3, -0.25) is 9.59 Å². The van der Waals surface area contributed by atoms with E-state index >= 15 is 0 Å². The number of carbonyl (C=O) groups excluding carboxylic acids is 1. The lowest BCUT2D eigenvalue weighted by molar-refractivity contribution is -0.125. The van der Waals surface area contributed by atoms with E-state index in [4.69, 9.17) is 5.73 Å². The number of rotatable bonds is 4. The van der Waals surface area contributed by atoms with Crippen LogP contribution in [0.5, 0.6) is 0 Å². The molecule has 1 aliphatic carbocycles. The van der Waals surface area contributed by atoms with Crippen molar-refractivity contribution in [1.29, 1.82) is 0 Å². The highest BCUT2D eigenvalue weighted by Crippen LogP contribution is 2.27. The molecule has 6 heteroatoms. The predicted molar refractivity (Wildman–Crippen MR) is 65.9 cm³/mol. The molecule has 98 valence electrons. The van der Waals surface area contributed by atoms with Crippen LogP contribution in [0.25, 0.3) is 0 Å². The van der Waals surface area contributed by atoms with E-state index in [0.717, 1.165) is 30.5 Å². The number of hydrogen-bond donors (Lipinski definition) is 4. The first-order chi connectivity index (χ1) is 8.58. The number of aryl methyl sites for hydroxylation is 1. The van der Waals surface area contributed by atoms with Crippen LogP contribution < -0.4 is 16.6 Å². The predicted octanol–water partition coefficient (Wildman–Crippen LogP) is -0.812. The molecule has 0 radical (unpaired) electrons. The fraction of sp³-hybridized carbons (Fsp3) is 0.500. The van der Waals surface area contributed by atoms with Crippen molar-refractivity contribution in [2.75, 3.05) is 6.54 Å². The van der Waals surface area contributed by atoms with Gasteiger partial charge in [0.05, 0.1) is 0 Å². The Balaban J connectivity index is 2.08. The first-order valence-electron chi connectivity index (χ1n) is 6.01. The Morgan fingerprint density at radius 1 is 1.61 bits per heavy atom. The average Bonchev–Trinajstić information content (AvgIpc) is 2.35. The van der Waals surface area contributed by atoms with Gasteiger partial charge < -0.3 is 21.1 Å². The van der Waals surface area contributed by atoms with Crippen molar-refractivity contribution in [3.63, 3.8) is 0 Å². The Labute approximate surface area is 104 Å². The van der Waals surface area contributed by atoms with Gasteiger partial charge in [0.1, 0.15) is 6.10 Å². The van der Waals surface area contributed by atoms with Crippen LogP contribution in [0.3, 0.4) is 0 Å². The van der Waals surface area contributed by atoms with Crippen molar-refractivity contribution in [1.82, 2.24) is 10.3 Å². The Kier molecular flexibility index (Phi) is 3.78. The van der Waals surface area contributed by atoms with Crippen LogP contribution in [0.1, 0.15) is 30.1 Å². The Morgan fingerprint density at radius 3 is 3.11 bits per heavy atom. The molecule has 1 aliphatic rings. The minimum absolute atomic E-state index is 0.0413. The van der Waals surface area contributed by atoms with E-state index in [1.54, 1.807) is 6.07 Å². The van der Waals surface area contributed by atoms with Gasteiger partial charge in [0.15, 0.2) is 0 Å². The standard InChI is InChI=1S/C12H17N3O3/c13-12(18)10(16)6-14-8-2-1-3-9-7(8)4-5-11(17)15-9/h4-5,8,10,14,16H,1-3,6H2,(H2,13,18)(H,15,17). The Bertz CT molecular complexity index is 498. The van der Waals surface area contributed by atoms with Crippen molar-refractivity contribution in [2.24, 2.45) is 5.73 Å². The summed E-state index contributed by atoms with van der Waals surface area (Å²) >= 11 is 0. The molecule has 0 aliphatic heterocycles. The van der Waals surface area contributed by atoms with Gasteiger partial charge in [-0.2, -0.15) is 0 Å². The third-order valence-corrected chi connectivity index (χ3v) is 3.22. The highest BCUT2D eigenvalue weighted by Gasteiger charge is 2.22. The molecule has 0 saturated heterocycles. The monoisotopic (exact) mass is 251 g/mol. The zero-order valence-electron chi connectivity index (χ0n) is 9.98. The number of aliphatic hydroxyl groups is 1. The molecule has 0 bridgehead atoms. The fourth-order valence-corrected chi connectivity index (χ4v) is 2.27. The van der Waals surface area contributed by atoms with E-state index < -0.39 is 12.0 Å². The zero-order chi connectivity index (χ0) is 13.1. The van der Waals surface area contributed by atoms with Gasteiger partial charge in [0, 0.05) is 24.3 Å². The molecule has 0 aromatic carbocycles. The molecular weight excluding hydrogens is 234 g/mol. The number of aliphatic hydroxyl groups excluding tert-OH is 1. The van der Waals surface area contributed by atoms with Crippen LogP contribution in [0.4, 0.5) is 0 Å². The summed E-state index contributed by atoms with van der Waals surface area (Å²) < 4.78 is 0. The Morgan fingerprint density at radius 2 is 2.39 bits per heavy atom. The molecule has 1 amide bonds. The second-order valence-electron chi connectivity index (χ2n) is 4.53. The van der Waals surface area contributed by atoms with E-state index in [1.807, 2.05) is 0 Å². The number of nitrogens with two attached hydrogens (primary N) is 1. The van der Waals surface area contributed by atoms with Gasteiger partial charge in [0.25, 0.3) is 0 Å². The van der Waals surface area contributed by atoms with Crippen molar-refractivity contribution in [3.05, 3.63) is 33.7 Å². The highest BCUT2D eigenvalue weighted by atomic mass is 16.3. The van der Waals surface area contributed by atoms with Gasteiger partial charge in [-0.1, -0.05) is 6.07 Å². The molecule has 1 heterocycles. The molecule has 2 rings (SSSR count). The molecule has 6 nitrogen and oxygen atoms in total. The smallest absolute Gasteiger partial charge is 0.248 e. The second-order valence-corrected chi connectivity index (χ2v) is 4.53. The lowest BCUT2D eigenvalue weighted by Gasteiger charge is -2.26. The summed E-state index contributed by atoms with van der Waals surface area (Å²) in [5, 5.41) is 12.5. The molecule has 1 aromatic rings. The molecule has 2 atom stereocenters. The minimum atomic E-state index is -1.18. The number of fused-ring (bicyclic) bond motifs is 1. The lowest BCUT2D eigenvalue weighted by Crippen LogP contribution is -2.40. The highest BCUT2D eigenvalue weighted by molar-refractivity contribution is 5.78. The Hall–Kier alpha value is -1.66. The van der Waals surface area contributed by atoms with E-state index in [2.05, 4.69) is 10.3 Å². The molecular formula is C12H17N3O3. The van der Waals surface area contributed by atoms with Crippen LogP contribution in [0, 0.1) is 0 Å². The molecule has 0 spiro atoms. The van der Waals surface area contributed by atoms with E-state index in [1.165, 1.54) is 6.07 Å². The SMILES string of the molecule is NC(=O)C(O)CNC1CCCc2[nH]c(=O)ccc21. The summed E-state index contributed by atoms with van der Waals surface area (Å²) in [5.74, 6) is -0.736. The number of nitrogens with one attached hydrogen (secondary N) is 2. The minimum Gasteiger partial charge on any atom is -0.382 e. The van der Waals surface area contributed by atoms with Crippen molar-refractivity contribution in [3.8, 4) is 0 Å². The van der Waals surface area contributed by atoms with Crippen molar-refractivity contribution < 1.29 is 9.90 Å². The molecule has 5 N–H and O–H groups in total. The van der Waals surface area contributed by atoms with Crippen LogP contribution in [0.15, 0.2) is 16.9 Å². The van der Waals surface area contributed by atoms with Gasteiger partial charge in [-0.25, -0.2) is 0 Å². The zero-order valence-corrected chi connectivity index (χ0v) is 9.98. The number of H-pyrrole nitrogens is 1. The van der Waals surface area contributed by atoms with Gasteiger partial charge >= 0.3 is 0 Å². The second kappa shape index (κ2) is 5.32. The maximum atomic E-state index is 11.2. The number of primary amides is 1. The van der Waals surface area contributed by atoms with E-state index in [-0.39, 0.29) is 18.1 Å². The lowest BCUT2D eigenvalue weighted by atomic mass is 9.91. The third-order valence-electron chi connectivity index (χ3n) is 3.22. The maximum absolute atomic E-state index is 11.2. The number of hydrogen-bond acceptors (Lipinski definition) is 4. The van der Waals surface area contributed by atoms with Gasteiger partial charge in [-0.15, -0.1) is 0 Å². The largest absolute Gasteiger partial charge is 0.382 e. The first kappa shape index (κ1) is 12.8. The first-order valence-corrected chi connectivity index (χ1v) is 6.01. The summed E-state index contributed by atoms with van der Waals surface area (Å²) in [4.78, 5) is 24.8.